The molecule has 5 nitrogen and oxygen atoms in total. The number of rotatable bonds is 4. The number of aromatic nitrogens is 2. The van der Waals surface area contributed by atoms with Gasteiger partial charge in [0.25, 0.3) is 0 Å². The molecule has 2 heterocycles. The molecule has 28 heavy (non-hydrogen) atoms. The average molecular weight is 383 g/mol. The van der Waals surface area contributed by atoms with Gasteiger partial charge in [-0.1, -0.05) is 12.1 Å². The van der Waals surface area contributed by atoms with Gasteiger partial charge in [0.15, 0.2) is 11.5 Å². The maximum absolute atomic E-state index is 13.6. The van der Waals surface area contributed by atoms with Crippen LogP contribution in [0.3, 0.4) is 0 Å². The molecule has 3 aromatic rings. The summed E-state index contributed by atoms with van der Waals surface area (Å²) in [5.41, 5.74) is 3.51. The van der Waals surface area contributed by atoms with Gasteiger partial charge in [0.05, 0.1) is 11.9 Å². The minimum Gasteiger partial charge on any atom is -0.454 e. The molecule has 2 aromatic carbocycles. The van der Waals surface area contributed by atoms with E-state index in [0.29, 0.717) is 12.2 Å². The van der Waals surface area contributed by atoms with E-state index in [0.717, 1.165) is 53.6 Å². The molecule has 0 saturated carbocycles. The Morgan fingerprint density at radius 3 is 2.86 bits per heavy atom. The molecular weight excluding hydrogens is 364 g/mol. The monoisotopic (exact) mass is 383 g/mol. The van der Waals surface area contributed by atoms with E-state index in [1.807, 2.05) is 18.2 Å². The molecule has 5 rings (SSSR count). The predicted octanol–water partition coefficient (Wildman–Crippen LogP) is 4.05. The first kappa shape index (κ1) is 17.2. The molecule has 1 aromatic heterocycles. The second-order valence-corrected chi connectivity index (χ2v) is 7.06. The molecule has 1 aliphatic heterocycles. The smallest absolute Gasteiger partial charge is 0.231 e. The highest BCUT2D eigenvalue weighted by atomic mass is 19.1. The molecule has 1 N–H and O–H groups in total. The largest absolute Gasteiger partial charge is 0.454 e. The number of para-hydroxylation sites is 1. The number of ether oxygens (including phenoxy) is 2. The van der Waals surface area contributed by atoms with Crippen molar-refractivity contribution in [3.05, 3.63) is 71.1 Å². The molecular formula is C21H19F2N3O2. The maximum atomic E-state index is 13.6. The van der Waals surface area contributed by atoms with Crippen molar-refractivity contribution in [1.82, 2.24) is 15.1 Å². The standard InChI is InChI=1S/C21H19F2N3O2/c22-14-7-15(23)9-16(8-14)26-19-5-2-4-18(17(19)11-25-26)24-10-13-3-1-6-20-21(13)28-12-27-20/h1,3,6-9,11,18,24H,2,4-5,10,12H2/t18-/m0/s1. The predicted molar refractivity (Wildman–Crippen MR) is 98.6 cm³/mol. The van der Waals surface area contributed by atoms with Crippen molar-refractivity contribution in [1.29, 1.82) is 0 Å². The molecule has 0 saturated heterocycles. The second kappa shape index (κ2) is 6.91. The Morgan fingerprint density at radius 1 is 1.14 bits per heavy atom. The molecule has 0 unspecified atom stereocenters. The number of halogens is 2. The first-order chi connectivity index (χ1) is 13.7. The maximum Gasteiger partial charge on any atom is 0.231 e. The summed E-state index contributed by atoms with van der Waals surface area (Å²) < 4.78 is 39.9. The summed E-state index contributed by atoms with van der Waals surface area (Å²) in [4.78, 5) is 0. The van der Waals surface area contributed by atoms with Gasteiger partial charge in [0.2, 0.25) is 6.79 Å². The van der Waals surface area contributed by atoms with Gasteiger partial charge in [0.1, 0.15) is 11.6 Å². The SMILES string of the molecule is Fc1cc(F)cc(-n2ncc3c2CCC[C@@H]3NCc2cccc3c2OCO3)c1. The molecule has 1 atom stereocenters. The summed E-state index contributed by atoms with van der Waals surface area (Å²) >= 11 is 0. The zero-order valence-electron chi connectivity index (χ0n) is 15.1. The van der Waals surface area contributed by atoms with E-state index in [1.54, 1.807) is 10.9 Å². The molecule has 0 spiro atoms. The van der Waals surface area contributed by atoms with Crippen LogP contribution in [-0.2, 0) is 13.0 Å². The van der Waals surface area contributed by atoms with Gasteiger partial charge in [0, 0.05) is 35.5 Å². The third kappa shape index (κ3) is 3.01. The van der Waals surface area contributed by atoms with Crippen molar-refractivity contribution in [3.8, 4) is 17.2 Å². The van der Waals surface area contributed by atoms with Gasteiger partial charge in [-0.2, -0.15) is 5.10 Å². The minimum absolute atomic E-state index is 0.120. The summed E-state index contributed by atoms with van der Waals surface area (Å²) in [5, 5.41) is 7.99. The average Bonchev–Trinajstić information content (AvgIpc) is 3.32. The third-order valence-electron chi connectivity index (χ3n) is 5.29. The second-order valence-electron chi connectivity index (χ2n) is 7.06. The fraction of sp³-hybridized carbons (Fsp3) is 0.286. The Labute approximate surface area is 160 Å². The number of hydrogen-bond donors (Lipinski definition) is 1. The topological polar surface area (TPSA) is 48.3 Å². The van der Waals surface area contributed by atoms with Crippen LogP contribution in [0, 0.1) is 11.6 Å². The normalized spacial score (nSPS) is 17.6. The van der Waals surface area contributed by atoms with Gasteiger partial charge < -0.3 is 14.8 Å². The van der Waals surface area contributed by atoms with E-state index in [2.05, 4.69) is 10.4 Å². The first-order valence-corrected chi connectivity index (χ1v) is 9.33. The summed E-state index contributed by atoms with van der Waals surface area (Å²) in [7, 11) is 0. The Balaban J connectivity index is 1.40. The van der Waals surface area contributed by atoms with Crippen molar-refractivity contribution in [2.24, 2.45) is 0 Å². The van der Waals surface area contributed by atoms with Crippen molar-refractivity contribution in [2.75, 3.05) is 6.79 Å². The summed E-state index contributed by atoms with van der Waals surface area (Å²) in [6, 6.07) is 9.46. The highest BCUT2D eigenvalue weighted by molar-refractivity contribution is 5.48. The van der Waals surface area contributed by atoms with Crippen LogP contribution in [0.25, 0.3) is 5.69 Å². The number of nitrogens with one attached hydrogen (secondary N) is 1. The minimum atomic E-state index is -0.607. The van der Waals surface area contributed by atoms with Gasteiger partial charge in [-0.15, -0.1) is 0 Å². The number of fused-ring (bicyclic) bond motifs is 2. The van der Waals surface area contributed by atoms with Crippen LogP contribution in [0.15, 0.2) is 42.6 Å². The van der Waals surface area contributed by atoms with Gasteiger partial charge in [-0.05, 0) is 37.5 Å². The molecule has 1 aliphatic carbocycles. The van der Waals surface area contributed by atoms with Crippen LogP contribution >= 0.6 is 0 Å². The summed E-state index contributed by atoms with van der Waals surface area (Å²) in [5.74, 6) is 0.344. The Morgan fingerprint density at radius 2 is 2.00 bits per heavy atom. The quantitative estimate of drug-likeness (QED) is 0.739. The molecule has 0 bridgehead atoms. The van der Waals surface area contributed by atoms with Crippen LogP contribution in [-0.4, -0.2) is 16.6 Å². The van der Waals surface area contributed by atoms with Gasteiger partial charge in [-0.3, -0.25) is 0 Å². The number of nitrogens with zero attached hydrogens (tertiary/aromatic N) is 2. The third-order valence-corrected chi connectivity index (χ3v) is 5.29. The van der Waals surface area contributed by atoms with E-state index in [9.17, 15) is 8.78 Å². The Kier molecular flexibility index (Phi) is 4.24. The molecule has 144 valence electrons. The molecule has 0 fully saturated rings. The molecule has 0 amide bonds. The van der Waals surface area contributed by atoms with E-state index in [4.69, 9.17) is 9.47 Å². The van der Waals surface area contributed by atoms with E-state index < -0.39 is 11.6 Å². The Hall–Kier alpha value is -2.93. The number of hydrogen-bond acceptors (Lipinski definition) is 4. The Bertz CT molecular complexity index is 1010. The molecule has 7 heteroatoms. The first-order valence-electron chi connectivity index (χ1n) is 9.33. The summed E-state index contributed by atoms with van der Waals surface area (Å²) in [6.07, 6.45) is 4.57. The lowest BCUT2D eigenvalue weighted by atomic mass is 9.92. The lowest BCUT2D eigenvalue weighted by molar-refractivity contribution is 0.173. The van der Waals surface area contributed by atoms with E-state index in [1.165, 1.54) is 12.1 Å². The zero-order valence-corrected chi connectivity index (χ0v) is 15.1. The lowest BCUT2D eigenvalue weighted by Gasteiger charge is -2.24. The van der Waals surface area contributed by atoms with Crippen LogP contribution < -0.4 is 14.8 Å². The van der Waals surface area contributed by atoms with Crippen LogP contribution in [0.1, 0.15) is 35.7 Å². The lowest BCUT2D eigenvalue weighted by Crippen LogP contribution is -2.25. The van der Waals surface area contributed by atoms with Crippen molar-refractivity contribution in [3.63, 3.8) is 0 Å². The fourth-order valence-electron chi connectivity index (χ4n) is 4.02. The number of benzene rings is 2. The zero-order chi connectivity index (χ0) is 19.1. The van der Waals surface area contributed by atoms with Crippen LogP contribution in [0.2, 0.25) is 0 Å². The van der Waals surface area contributed by atoms with Gasteiger partial charge >= 0.3 is 0 Å². The molecule has 2 aliphatic rings. The van der Waals surface area contributed by atoms with Crippen molar-refractivity contribution >= 4 is 0 Å². The highest BCUT2D eigenvalue weighted by Crippen LogP contribution is 2.36. The van der Waals surface area contributed by atoms with Gasteiger partial charge in [-0.25, -0.2) is 13.5 Å². The molecule has 0 radical (unpaired) electrons. The van der Waals surface area contributed by atoms with E-state index >= 15 is 0 Å². The van der Waals surface area contributed by atoms with Crippen LogP contribution in [0.5, 0.6) is 11.5 Å². The van der Waals surface area contributed by atoms with Crippen molar-refractivity contribution in [2.45, 2.75) is 31.8 Å². The van der Waals surface area contributed by atoms with Crippen molar-refractivity contribution < 1.29 is 18.3 Å². The highest BCUT2D eigenvalue weighted by Gasteiger charge is 2.26. The van der Waals surface area contributed by atoms with E-state index in [-0.39, 0.29) is 12.8 Å². The summed E-state index contributed by atoms with van der Waals surface area (Å²) in [6.45, 7) is 0.882. The fourth-order valence-corrected chi connectivity index (χ4v) is 4.02. The van der Waals surface area contributed by atoms with Crippen LogP contribution in [0.4, 0.5) is 8.78 Å².